The molecule has 0 saturated heterocycles. The lowest BCUT2D eigenvalue weighted by molar-refractivity contribution is -0.119. The lowest BCUT2D eigenvalue weighted by Gasteiger charge is -2.24. The first kappa shape index (κ1) is 16.2. The number of halogens is 1. The van der Waals surface area contributed by atoms with E-state index in [0.717, 1.165) is 25.9 Å². The predicted octanol–water partition coefficient (Wildman–Crippen LogP) is 3.91. The summed E-state index contributed by atoms with van der Waals surface area (Å²) in [6, 6.07) is 9.43. The van der Waals surface area contributed by atoms with Gasteiger partial charge in [-0.15, -0.1) is 11.3 Å². The van der Waals surface area contributed by atoms with E-state index in [1.807, 2.05) is 48.8 Å². The molecule has 0 fully saturated rings. The number of anilines is 1. The van der Waals surface area contributed by atoms with E-state index < -0.39 is 6.04 Å². The predicted molar refractivity (Wildman–Crippen MR) is 100 cm³/mol. The summed E-state index contributed by atoms with van der Waals surface area (Å²) in [5.74, 6) is -0.0512. The molecule has 4 nitrogen and oxygen atoms in total. The molecule has 1 atom stereocenters. The van der Waals surface area contributed by atoms with E-state index in [1.165, 1.54) is 0 Å². The molecule has 6 heteroatoms. The Balaban J connectivity index is 1.79. The van der Waals surface area contributed by atoms with Crippen LogP contribution in [-0.2, 0) is 11.2 Å². The highest BCUT2D eigenvalue weighted by Crippen LogP contribution is 2.24. The van der Waals surface area contributed by atoms with Gasteiger partial charge in [-0.05, 0) is 70.5 Å². The molecule has 0 bridgehead atoms. The highest BCUT2D eigenvalue weighted by Gasteiger charge is 2.22. The maximum absolute atomic E-state index is 12.7. The Bertz CT molecular complexity index is 826. The average Bonchev–Trinajstić information content (AvgIpc) is 3.16. The summed E-state index contributed by atoms with van der Waals surface area (Å²) in [6.07, 6.45) is 2.44. The van der Waals surface area contributed by atoms with E-state index >= 15 is 0 Å². The van der Waals surface area contributed by atoms with Crippen LogP contribution < -0.4 is 10.6 Å². The molecule has 3 N–H and O–H groups in total. The van der Waals surface area contributed by atoms with Gasteiger partial charge in [0.2, 0.25) is 5.91 Å². The first-order valence-corrected chi connectivity index (χ1v) is 9.12. The monoisotopic (exact) mass is 391 g/mol. The molecule has 120 valence electrons. The standard InChI is InChI=1S/C17H18BrN3OS/c1-2-21(13-3-4-15-12(9-13)5-6-20-15)17(22)14(19)7-11-8-16(18)23-10-11/h3-6,8-10,14,20H,2,7,19H2,1H3. The van der Waals surface area contributed by atoms with Gasteiger partial charge >= 0.3 is 0 Å². The van der Waals surface area contributed by atoms with E-state index in [1.54, 1.807) is 16.2 Å². The number of rotatable bonds is 5. The lowest BCUT2D eigenvalue weighted by Crippen LogP contribution is -2.45. The fourth-order valence-electron chi connectivity index (χ4n) is 2.67. The summed E-state index contributed by atoms with van der Waals surface area (Å²) >= 11 is 5.04. The van der Waals surface area contributed by atoms with E-state index in [0.29, 0.717) is 13.0 Å². The Morgan fingerprint density at radius 1 is 1.39 bits per heavy atom. The lowest BCUT2D eigenvalue weighted by atomic mass is 10.1. The minimum atomic E-state index is -0.543. The molecule has 0 saturated carbocycles. The Morgan fingerprint density at radius 2 is 2.22 bits per heavy atom. The van der Waals surface area contributed by atoms with Crippen LogP contribution in [0.2, 0.25) is 0 Å². The fraction of sp³-hybridized carbons (Fsp3) is 0.235. The van der Waals surface area contributed by atoms with Crippen molar-refractivity contribution in [1.29, 1.82) is 0 Å². The molecule has 0 radical (unpaired) electrons. The zero-order valence-corrected chi connectivity index (χ0v) is 15.2. The third-order valence-electron chi connectivity index (χ3n) is 3.83. The maximum Gasteiger partial charge on any atom is 0.244 e. The highest BCUT2D eigenvalue weighted by atomic mass is 79.9. The fourth-order valence-corrected chi connectivity index (χ4v) is 3.89. The Morgan fingerprint density at radius 3 is 2.91 bits per heavy atom. The number of hydrogen-bond donors (Lipinski definition) is 2. The molecule has 0 aliphatic carbocycles. The van der Waals surface area contributed by atoms with Crippen molar-refractivity contribution in [1.82, 2.24) is 4.98 Å². The van der Waals surface area contributed by atoms with Crippen LogP contribution >= 0.6 is 27.3 Å². The first-order valence-electron chi connectivity index (χ1n) is 7.45. The quantitative estimate of drug-likeness (QED) is 0.692. The second kappa shape index (κ2) is 6.86. The van der Waals surface area contributed by atoms with Crippen LogP contribution in [0.1, 0.15) is 12.5 Å². The number of likely N-dealkylation sites (N-methyl/N-ethyl adjacent to an activating group) is 1. The van der Waals surface area contributed by atoms with Gasteiger partial charge in [0.05, 0.1) is 9.83 Å². The van der Waals surface area contributed by atoms with Gasteiger partial charge in [-0.1, -0.05) is 0 Å². The van der Waals surface area contributed by atoms with Crippen molar-refractivity contribution >= 4 is 49.8 Å². The number of nitrogens with zero attached hydrogens (tertiary/aromatic N) is 1. The number of thiophene rings is 1. The van der Waals surface area contributed by atoms with Crippen molar-refractivity contribution in [3.05, 3.63) is 51.3 Å². The topological polar surface area (TPSA) is 62.1 Å². The number of fused-ring (bicyclic) bond motifs is 1. The van der Waals surface area contributed by atoms with E-state index in [-0.39, 0.29) is 5.91 Å². The van der Waals surface area contributed by atoms with Crippen LogP contribution in [-0.4, -0.2) is 23.5 Å². The number of H-pyrrole nitrogens is 1. The molecule has 2 heterocycles. The smallest absolute Gasteiger partial charge is 0.244 e. The van der Waals surface area contributed by atoms with Crippen LogP contribution in [0.3, 0.4) is 0 Å². The summed E-state index contributed by atoms with van der Waals surface area (Å²) < 4.78 is 1.05. The summed E-state index contributed by atoms with van der Waals surface area (Å²) in [5.41, 5.74) is 9.18. The Hall–Kier alpha value is -1.63. The molecule has 0 aliphatic heterocycles. The van der Waals surface area contributed by atoms with Gasteiger partial charge in [-0.3, -0.25) is 4.79 Å². The molecule has 3 rings (SSSR count). The summed E-state index contributed by atoms with van der Waals surface area (Å²) in [7, 11) is 0. The van der Waals surface area contributed by atoms with Gasteiger partial charge in [0.1, 0.15) is 0 Å². The van der Waals surface area contributed by atoms with Crippen LogP contribution in [0.15, 0.2) is 45.7 Å². The number of aromatic amines is 1. The zero-order chi connectivity index (χ0) is 16.4. The van der Waals surface area contributed by atoms with Gasteiger partial charge in [-0.2, -0.15) is 0 Å². The molecule has 1 aromatic carbocycles. The Kier molecular flexibility index (Phi) is 4.84. The van der Waals surface area contributed by atoms with Gasteiger partial charge in [-0.25, -0.2) is 0 Å². The number of nitrogens with one attached hydrogen (secondary N) is 1. The van der Waals surface area contributed by atoms with Gasteiger partial charge in [0.25, 0.3) is 0 Å². The van der Waals surface area contributed by atoms with Crippen LogP contribution in [0.4, 0.5) is 5.69 Å². The first-order chi connectivity index (χ1) is 11.1. The molecular formula is C17H18BrN3OS. The summed E-state index contributed by atoms with van der Waals surface area (Å²) in [4.78, 5) is 17.7. The molecule has 1 amide bonds. The van der Waals surface area contributed by atoms with Gasteiger partial charge in [0.15, 0.2) is 0 Å². The van der Waals surface area contributed by atoms with Gasteiger partial charge in [0, 0.05) is 29.3 Å². The van der Waals surface area contributed by atoms with Crippen LogP contribution in [0.5, 0.6) is 0 Å². The largest absolute Gasteiger partial charge is 0.361 e. The third kappa shape index (κ3) is 3.49. The summed E-state index contributed by atoms with van der Waals surface area (Å²) in [5, 5.41) is 3.11. The normalized spacial score (nSPS) is 12.5. The third-order valence-corrected chi connectivity index (χ3v) is 5.38. The molecule has 2 aromatic heterocycles. The number of benzene rings is 1. The van der Waals surface area contributed by atoms with Crippen LogP contribution in [0.25, 0.3) is 10.9 Å². The number of nitrogens with two attached hydrogens (primary N) is 1. The van der Waals surface area contributed by atoms with E-state index in [2.05, 4.69) is 20.9 Å². The van der Waals surface area contributed by atoms with Crippen molar-refractivity contribution < 1.29 is 4.79 Å². The number of amides is 1. The van der Waals surface area contributed by atoms with Crippen molar-refractivity contribution in [2.75, 3.05) is 11.4 Å². The molecule has 0 aliphatic rings. The minimum Gasteiger partial charge on any atom is -0.361 e. The highest BCUT2D eigenvalue weighted by molar-refractivity contribution is 9.11. The summed E-state index contributed by atoms with van der Waals surface area (Å²) in [6.45, 7) is 2.56. The minimum absolute atomic E-state index is 0.0512. The second-order valence-corrected chi connectivity index (χ2v) is 7.69. The van der Waals surface area contributed by atoms with Crippen molar-refractivity contribution in [3.8, 4) is 0 Å². The van der Waals surface area contributed by atoms with E-state index in [4.69, 9.17) is 5.73 Å². The van der Waals surface area contributed by atoms with E-state index in [9.17, 15) is 4.79 Å². The zero-order valence-electron chi connectivity index (χ0n) is 12.8. The molecule has 3 aromatic rings. The second-order valence-electron chi connectivity index (χ2n) is 5.40. The van der Waals surface area contributed by atoms with Crippen molar-refractivity contribution in [2.24, 2.45) is 5.73 Å². The number of carbonyl (C=O) groups is 1. The number of hydrogen-bond acceptors (Lipinski definition) is 3. The van der Waals surface area contributed by atoms with Crippen molar-refractivity contribution in [2.45, 2.75) is 19.4 Å². The van der Waals surface area contributed by atoms with Crippen molar-refractivity contribution in [3.63, 3.8) is 0 Å². The number of carbonyl (C=O) groups excluding carboxylic acids is 1. The van der Waals surface area contributed by atoms with Crippen LogP contribution in [0, 0.1) is 0 Å². The Labute approximate surface area is 147 Å². The average molecular weight is 392 g/mol. The maximum atomic E-state index is 12.7. The number of aromatic nitrogens is 1. The molecule has 23 heavy (non-hydrogen) atoms. The molecule has 0 spiro atoms. The SMILES string of the molecule is CCN(C(=O)C(N)Cc1csc(Br)c1)c1ccc2[nH]ccc2c1. The van der Waals surface area contributed by atoms with Gasteiger partial charge < -0.3 is 15.6 Å². The molecular weight excluding hydrogens is 374 g/mol. The molecule has 1 unspecified atom stereocenters.